The van der Waals surface area contributed by atoms with Gasteiger partial charge in [-0.3, -0.25) is 14.4 Å². The van der Waals surface area contributed by atoms with Crippen molar-refractivity contribution in [2.24, 2.45) is 11.8 Å². The van der Waals surface area contributed by atoms with Gasteiger partial charge in [0.05, 0.1) is 16.3 Å². The van der Waals surface area contributed by atoms with Crippen molar-refractivity contribution in [3.05, 3.63) is 93.5 Å². The maximum Gasteiger partial charge on any atom is 0.291 e. The van der Waals surface area contributed by atoms with Crippen LogP contribution in [-0.4, -0.2) is 40.8 Å². The van der Waals surface area contributed by atoms with Gasteiger partial charge in [-0.2, -0.15) is 10.3 Å². The molecule has 53 heavy (non-hydrogen) atoms. The number of nitrogens with zero attached hydrogens (tertiary/aromatic N) is 5. The number of unbranched alkanes of at least 4 members (excludes halogenated alkanes) is 2. The zero-order valence-electron chi connectivity index (χ0n) is 32.9. The molecule has 9 heteroatoms. The summed E-state index contributed by atoms with van der Waals surface area (Å²) in [6.07, 6.45) is 11.0. The zero-order chi connectivity index (χ0) is 38.7. The molecule has 1 aliphatic rings. The Kier molecular flexibility index (Phi) is 14.8. The van der Waals surface area contributed by atoms with Crippen LogP contribution in [0.15, 0.2) is 77.4 Å². The van der Waals surface area contributed by atoms with E-state index in [9.17, 15) is 19.6 Å². The lowest BCUT2D eigenvalue weighted by atomic mass is 9.89. The fraction of sp³-hybridized carbons (Fsp3) is 0.477. The number of rotatable bonds is 17. The molecule has 282 valence electrons. The van der Waals surface area contributed by atoms with Gasteiger partial charge in [-0.25, -0.2) is 9.99 Å². The molecule has 0 fully saturated rings. The highest BCUT2D eigenvalue weighted by Crippen LogP contribution is 2.39. The van der Waals surface area contributed by atoms with Crippen LogP contribution in [0.4, 0.5) is 10.8 Å². The molecular weight excluding hydrogens is 679 g/mol. The number of hydrogen-bond acceptors (Lipinski definition) is 7. The van der Waals surface area contributed by atoms with Crippen LogP contribution in [0.2, 0.25) is 0 Å². The number of anilines is 2. The number of para-hydroxylation sites is 1. The molecule has 0 bridgehead atoms. The molecular formula is C44H57N5O3S. The quantitative estimate of drug-likeness (QED) is 0.101. The lowest BCUT2D eigenvalue weighted by Crippen LogP contribution is -2.56. The van der Waals surface area contributed by atoms with Crippen molar-refractivity contribution in [3.8, 4) is 6.07 Å². The SMILES string of the molecule is CCCCC(CC)CN(CC(CC)CCCC)c1nc(C(C)(C)C)c(/C=C2\C(=O)N(N(C(=O)c3ccccc3)c3ccccc3)C(=O)C(C#N)=C2C)s1. The fourth-order valence-electron chi connectivity index (χ4n) is 6.76. The third-order valence-electron chi connectivity index (χ3n) is 10.1. The van der Waals surface area contributed by atoms with Crippen LogP contribution in [0, 0.1) is 23.2 Å². The van der Waals surface area contributed by atoms with E-state index in [-0.39, 0.29) is 22.1 Å². The highest BCUT2D eigenvalue weighted by molar-refractivity contribution is 7.16. The van der Waals surface area contributed by atoms with Gasteiger partial charge in [0, 0.05) is 29.6 Å². The number of thiazole rings is 1. The maximum absolute atomic E-state index is 14.7. The number of nitriles is 1. The monoisotopic (exact) mass is 735 g/mol. The molecule has 4 rings (SSSR count). The molecule has 0 spiro atoms. The first kappa shape index (κ1) is 41.2. The normalized spacial score (nSPS) is 15.5. The topological polar surface area (TPSA) is 97.6 Å². The van der Waals surface area contributed by atoms with Crippen molar-refractivity contribution >= 4 is 46.0 Å². The van der Waals surface area contributed by atoms with Crippen LogP contribution < -0.4 is 9.91 Å². The number of carbonyl (C=O) groups is 3. The van der Waals surface area contributed by atoms with Crippen molar-refractivity contribution in [1.29, 1.82) is 5.26 Å². The first-order valence-corrected chi connectivity index (χ1v) is 20.1. The van der Waals surface area contributed by atoms with Crippen LogP contribution in [-0.2, 0) is 15.0 Å². The van der Waals surface area contributed by atoms with Gasteiger partial charge in [0.2, 0.25) is 0 Å². The smallest absolute Gasteiger partial charge is 0.291 e. The van der Waals surface area contributed by atoms with Crippen LogP contribution >= 0.6 is 11.3 Å². The second-order valence-corrected chi connectivity index (χ2v) is 16.1. The number of amides is 3. The molecule has 2 aromatic carbocycles. The molecule has 3 aromatic rings. The van der Waals surface area contributed by atoms with Crippen LogP contribution in [0.25, 0.3) is 6.08 Å². The Hall–Kier alpha value is -4.55. The predicted molar refractivity (Wildman–Crippen MR) is 217 cm³/mol. The van der Waals surface area contributed by atoms with E-state index >= 15 is 0 Å². The van der Waals surface area contributed by atoms with Gasteiger partial charge in [0.1, 0.15) is 11.6 Å². The number of benzene rings is 2. The van der Waals surface area contributed by atoms with Crippen molar-refractivity contribution in [2.75, 3.05) is 23.0 Å². The number of aromatic nitrogens is 1. The lowest BCUT2D eigenvalue weighted by molar-refractivity contribution is -0.140. The third kappa shape index (κ3) is 9.91. The van der Waals surface area contributed by atoms with Crippen LogP contribution in [0.3, 0.4) is 0 Å². The fourth-order valence-corrected chi connectivity index (χ4v) is 7.99. The molecule has 8 nitrogen and oxygen atoms in total. The number of hydrazine groups is 1. The van der Waals surface area contributed by atoms with E-state index in [1.807, 2.05) is 6.07 Å². The molecule has 0 aliphatic carbocycles. The maximum atomic E-state index is 14.7. The summed E-state index contributed by atoms with van der Waals surface area (Å²) in [4.78, 5) is 51.5. The minimum Gasteiger partial charge on any atom is -0.348 e. The highest BCUT2D eigenvalue weighted by atomic mass is 32.1. The minimum atomic E-state index is -0.845. The van der Waals surface area contributed by atoms with Gasteiger partial charge in [0.15, 0.2) is 5.13 Å². The van der Waals surface area contributed by atoms with E-state index in [0.717, 1.165) is 64.5 Å². The Morgan fingerprint density at radius 2 is 1.43 bits per heavy atom. The summed E-state index contributed by atoms with van der Waals surface area (Å²) in [5.41, 5.74) is 1.37. The number of imide groups is 1. The van der Waals surface area contributed by atoms with Gasteiger partial charge in [-0.05, 0) is 67.5 Å². The van der Waals surface area contributed by atoms with Crippen LogP contribution in [0.5, 0.6) is 0 Å². The standard InChI is InChI=1S/C44H57N5O3S/c1-9-13-21-32(11-3)29-47(30-33(12-4)22-14-10-2)43-46-39(44(6,7)8)38(53-43)27-36-31(5)37(28-45)42(52)49(41(36)51)48(35-25-19-16-20-26-35)40(50)34-23-17-15-18-24-34/h15-20,23-27,32-33H,9-14,21-22,29-30H2,1-8H3/b36-27-. The summed E-state index contributed by atoms with van der Waals surface area (Å²) in [6, 6.07) is 19.2. The molecule has 0 saturated carbocycles. The van der Waals surface area contributed by atoms with Crippen molar-refractivity contribution < 1.29 is 14.4 Å². The van der Waals surface area contributed by atoms with E-state index in [4.69, 9.17) is 4.98 Å². The van der Waals surface area contributed by atoms with Crippen molar-refractivity contribution in [1.82, 2.24) is 9.99 Å². The summed E-state index contributed by atoms with van der Waals surface area (Å²) in [6.45, 7) is 18.8. The summed E-state index contributed by atoms with van der Waals surface area (Å²) < 4.78 is 0. The predicted octanol–water partition coefficient (Wildman–Crippen LogP) is 10.5. The molecule has 0 saturated heterocycles. The molecule has 0 radical (unpaired) electrons. The average Bonchev–Trinajstić information content (AvgIpc) is 3.60. The first-order chi connectivity index (χ1) is 25.4. The summed E-state index contributed by atoms with van der Waals surface area (Å²) >= 11 is 1.56. The molecule has 1 aromatic heterocycles. The summed E-state index contributed by atoms with van der Waals surface area (Å²) in [5, 5.41) is 13.2. The average molecular weight is 736 g/mol. The Morgan fingerprint density at radius 1 is 0.887 bits per heavy atom. The Morgan fingerprint density at radius 3 is 1.92 bits per heavy atom. The second kappa shape index (κ2) is 19.0. The van der Waals surface area contributed by atoms with Gasteiger partial charge in [-0.1, -0.05) is 135 Å². The van der Waals surface area contributed by atoms with Gasteiger partial charge in [-0.15, -0.1) is 0 Å². The van der Waals surface area contributed by atoms with E-state index in [1.165, 1.54) is 25.7 Å². The lowest BCUT2D eigenvalue weighted by Gasteiger charge is -2.36. The van der Waals surface area contributed by atoms with E-state index in [2.05, 4.69) is 53.4 Å². The molecule has 2 heterocycles. The number of carbonyl (C=O) groups excluding carboxylic acids is 3. The van der Waals surface area contributed by atoms with Crippen molar-refractivity contribution in [2.45, 2.75) is 112 Å². The van der Waals surface area contributed by atoms with E-state index in [1.54, 1.807) is 85.0 Å². The molecule has 2 atom stereocenters. The molecule has 3 amide bonds. The number of hydrogen-bond donors (Lipinski definition) is 0. The minimum absolute atomic E-state index is 0.180. The Bertz CT molecular complexity index is 1800. The summed E-state index contributed by atoms with van der Waals surface area (Å²) in [5.74, 6) is -1.01. The van der Waals surface area contributed by atoms with Crippen LogP contribution in [0.1, 0.15) is 128 Å². The first-order valence-electron chi connectivity index (χ1n) is 19.3. The molecule has 1 aliphatic heterocycles. The second-order valence-electron chi connectivity index (χ2n) is 15.1. The Balaban J connectivity index is 1.89. The van der Waals surface area contributed by atoms with Gasteiger partial charge in [0.25, 0.3) is 17.7 Å². The zero-order valence-corrected chi connectivity index (χ0v) is 33.8. The summed E-state index contributed by atoms with van der Waals surface area (Å²) in [7, 11) is 0. The van der Waals surface area contributed by atoms with E-state index < -0.39 is 17.7 Å². The largest absolute Gasteiger partial charge is 0.348 e. The molecule has 0 N–H and O–H groups in total. The van der Waals surface area contributed by atoms with Gasteiger partial charge >= 0.3 is 0 Å². The highest BCUT2D eigenvalue weighted by Gasteiger charge is 2.42. The third-order valence-corrected chi connectivity index (χ3v) is 11.1. The van der Waals surface area contributed by atoms with Crippen molar-refractivity contribution in [3.63, 3.8) is 0 Å². The molecule has 2 unspecified atom stereocenters. The van der Waals surface area contributed by atoms with E-state index in [0.29, 0.717) is 23.1 Å². The van der Waals surface area contributed by atoms with Gasteiger partial charge < -0.3 is 4.90 Å². The Labute approximate surface area is 321 Å².